The fraction of sp³-hybridized carbons (Fsp3) is 0.923. The van der Waals surface area contributed by atoms with E-state index in [2.05, 4.69) is 20.8 Å². The van der Waals surface area contributed by atoms with Crippen LogP contribution in [-0.2, 0) is 9.53 Å². The normalized spacial score (nSPS) is 44.7. The van der Waals surface area contributed by atoms with Crippen molar-refractivity contribution in [3.05, 3.63) is 0 Å². The number of ether oxygens (including phenoxy) is 1. The highest BCUT2D eigenvalue weighted by Crippen LogP contribution is 2.69. The predicted molar refractivity (Wildman–Crippen MR) is 60.6 cm³/mol. The SMILES string of the molecule is CCC(=O)O[C@]1(O)C[C@H]2CC[C@]1(C)C2(C)C. The molecule has 0 amide bonds. The maximum Gasteiger partial charge on any atom is 0.308 e. The van der Waals surface area contributed by atoms with Gasteiger partial charge in [0.05, 0.1) is 0 Å². The highest BCUT2D eigenvalue weighted by molar-refractivity contribution is 5.69. The molecule has 3 atom stereocenters. The van der Waals surface area contributed by atoms with Gasteiger partial charge in [-0.25, -0.2) is 0 Å². The summed E-state index contributed by atoms with van der Waals surface area (Å²) in [5.74, 6) is -1.08. The maximum atomic E-state index is 11.4. The van der Waals surface area contributed by atoms with Crippen LogP contribution >= 0.6 is 0 Å². The summed E-state index contributed by atoms with van der Waals surface area (Å²) in [4.78, 5) is 11.4. The van der Waals surface area contributed by atoms with E-state index in [1.807, 2.05) is 0 Å². The van der Waals surface area contributed by atoms with E-state index in [-0.39, 0.29) is 16.8 Å². The summed E-state index contributed by atoms with van der Waals surface area (Å²) in [5, 5.41) is 10.6. The molecule has 0 saturated heterocycles. The molecule has 2 aliphatic carbocycles. The Labute approximate surface area is 97.2 Å². The molecule has 3 heteroatoms. The Kier molecular flexibility index (Phi) is 2.40. The molecule has 1 N–H and O–H groups in total. The van der Waals surface area contributed by atoms with Crippen LogP contribution in [0.15, 0.2) is 0 Å². The van der Waals surface area contributed by atoms with Crippen molar-refractivity contribution < 1.29 is 14.6 Å². The van der Waals surface area contributed by atoms with Crippen molar-refractivity contribution in [3.63, 3.8) is 0 Å². The zero-order valence-electron chi connectivity index (χ0n) is 10.7. The first-order chi connectivity index (χ1) is 7.27. The number of hydrogen-bond acceptors (Lipinski definition) is 3. The number of carbonyl (C=O) groups excluding carboxylic acids is 1. The first-order valence-electron chi connectivity index (χ1n) is 6.21. The van der Waals surface area contributed by atoms with Gasteiger partial charge in [-0.3, -0.25) is 4.79 Å². The minimum atomic E-state index is -1.24. The van der Waals surface area contributed by atoms with E-state index in [1.165, 1.54) is 0 Å². The van der Waals surface area contributed by atoms with E-state index in [1.54, 1.807) is 6.92 Å². The monoisotopic (exact) mass is 226 g/mol. The van der Waals surface area contributed by atoms with Crippen molar-refractivity contribution in [3.8, 4) is 0 Å². The summed E-state index contributed by atoms with van der Waals surface area (Å²) in [5.41, 5.74) is -0.245. The van der Waals surface area contributed by atoms with Gasteiger partial charge in [0.25, 0.3) is 0 Å². The van der Waals surface area contributed by atoms with Crippen molar-refractivity contribution in [2.24, 2.45) is 16.7 Å². The lowest BCUT2D eigenvalue weighted by Crippen LogP contribution is -2.50. The third-order valence-electron chi connectivity index (χ3n) is 5.39. The van der Waals surface area contributed by atoms with Crippen LogP contribution in [0, 0.1) is 16.7 Å². The summed E-state index contributed by atoms with van der Waals surface area (Å²) in [6.07, 6.45) is 3.00. The Hall–Kier alpha value is -0.570. The van der Waals surface area contributed by atoms with E-state index in [9.17, 15) is 9.90 Å². The number of hydrogen-bond donors (Lipinski definition) is 1. The first kappa shape index (κ1) is 11.9. The van der Waals surface area contributed by atoms with Gasteiger partial charge in [-0.15, -0.1) is 0 Å². The fourth-order valence-electron chi connectivity index (χ4n) is 3.63. The minimum absolute atomic E-state index is 0.0514. The van der Waals surface area contributed by atoms with Gasteiger partial charge in [0.1, 0.15) is 0 Å². The van der Waals surface area contributed by atoms with Gasteiger partial charge in [-0.2, -0.15) is 0 Å². The Bertz CT molecular complexity index is 323. The van der Waals surface area contributed by atoms with Crippen molar-refractivity contribution in [2.45, 2.75) is 59.2 Å². The number of esters is 1. The van der Waals surface area contributed by atoms with E-state index in [4.69, 9.17) is 4.74 Å². The largest absolute Gasteiger partial charge is 0.433 e. The smallest absolute Gasteiger partial charge is 0.308 e. The Morgan fingerprint density at radius 3 is 2.44 bits per heavy atom. The molecule has 0 aromatic heterocycles. The third-order valence-corrected chi connectivity index (χ3v) is 5.39. The summed E-state index contributed by atoms with van der Waals surface area (Å²) < 4.78 is 5.34. The lowest BCUT2D eigenvalue weighted by molar-refractivity contribution is -0.260. The zero-order chi connectivity index (χ0) is 12.2. The number of aliphatic hydroxyl groups is 1. The topological polar surface area (TPSA) is 46.5 Å². The molecule has 0 radical (unpaired) electrons. The molecule has 0 aliphatic heterocycles. The van der Waals surface area contributed by atoms with Gasteiger partial charge < -0.3 is 9.84 Å². The fourth-order valence-corrected chi connectivity index (χ4v) is 3.63. The molecule has 2 saturated carbocycles. The predicted octanol–water partition coefficient (Wildman–Crippen LogP) is 2.47. The molecule has 0 unspecified atom stereocenters. The van der Waals surface area contributed by atoms with Crippen molar-refractivity contribution in [1.82, 2.24) is 0 Å². The second-order valence-electron chi connectivity index (χ2n) is 6.11. The van der Waals surface area contributed by atoms with Gasteiger partial charge in [-0.1, -0.05) is 27.7 Å². The zero-order valence-corrected chi connectivity index (χ0v) is 10.7. The van der Waals surface area contributed by atoms with Gasteiger partial charge >= 0.3 is 5.97 Å². The molecule has 0 aromatic rings. The lowest BCUT2D eigenvalue weighted by atomic mass is 9.68. The number of fused-ring (bicyclic) bond motifs is 2. The lowest BCUT2D eigenvalue weighted by Gasteiger charge is -2.43. The van der Waals surface area contributed by atoms with Crippen molar-refractivity contribution in [1.29, 1.82) is 0 Å². The quantitative estimate of drug-likeness (QED) is 0.581. The van der Waals surface area contributed by atoms with E-state index >= 15 is 0 Å². The third kappa shape index (κ3) is 1.21. The molecule has 2 rings (SSSR count). The molecule has 0 spiro atoms. The van der Waals surface area contributed by atoms with Crippen LogP contribution in [0.25, 0.3) is 0 Å². The molecule has 2 bridgehead atoms. The van der Waals surface area contributed by atoms with Crippen LogP contribution in [0.3, 0.4) is 0 Å². The Morgan fingerprint density at radius 2 is 2.06 bits per heavy atom. The van der Waals surface area contributed by atoms with Crippen LogP contribution in [0.2, 0.25) is 0 Å². The number of rotatable bonds is 2. The Morgan fingerprint density at radius 1 is 1.44 bits per heavy atom. The molecular formula is C13H22O3. The average Bonchev–Trinajstić information content (AvgIpc) is 2.49. The second kappa shape index (κ2) is 3.22. The minimum Gasteiger partial charge on any atom is -0.433 e. The molecule has 92 valence electrons. The van der Waals surface area contributed by atoms with Crippen molar-refractivity contribution >= 4 is 5.97 Å². The van der Waals surface area contributed by atoms with Gasteiger partial charge in [0.2, 0.25) is 5.79 Å². The van der Waals surface area contributed by atoms with Crippen LogP contribution in [0.1, 0.15) is 53.4 Å². The summed E-state index contributed by atoms with van der Waals surface area (Å²) in [6, 6.07) is 0. The summed E-state index contributed by atoms with van der Waals surface area (Å²) >= 11 is 0. The molecular weight excluding hydrogens is 204 g/mol. The molecule has 2 aliphatic rings. The second-order valence-corrected chi connectivity index (χ2v) is 6.11. The van der Waals surface area contributed by atoms with Gasteiger partial charge in [0, 0.05) is 18.3 Å². The van der Waals surface area contributed by atoms with E-state index in [0.29, 0.717) is 18.8 Å². The average molecular weight is 226 g/mol. The molecule has 16 heavy (non-hydrogen) atoms. The standard InChI is InChI=1S/C13H22O3/c1-5-10(14)16-13(15)8-9-6-7-12(13,4)11(9,2)3/h9,15H,5-8H2,1-4H3/t9-,12-,13-/m1/s1. The van der Waals surface area contributed by atoms with E-state index < -0.39 is 5.79 Å². The van der Waals surface area contributed by atoms with Gasteiger partial charge in [0.15, 0.2) is 0 Å². The summed E-state index contributed by atoms with van der Waals surface area (Å²) in [6.45, 7) is 8.18. The first-order valence-corrected chi connectivity index (χ1v) is 6.21. The summed E-state index contributed by atoms with van der Waals surface area (Å²) in [7, 11) is 0. The Balaban J connectivity index is 2.29. The number of carbonyl (C=O) groups is 1. The van der Waals surface area contributed by atoms with Crippen LogP contribution < -0.4 is 0 Å². The van der Waals surface area contributed by atoms with Crippen LogP contribution in [0.5, 0.6) is 0 Å². The van der Waals surface area contributed by atoms with Gasteiger partial charge in [-0.05, 0) is 24.2 Å². The molecule has 0 heterocycles. The maximum absolute atomic E-state index is 11.4. The van der Waals surface area contributed by atoms with Crippen LogP contribution in [0.4, 0.5) is 0 Å². The van der Waals surface area contributed by atoms with Crippen molar-refractivity contribution in [2.75, 3.05) is 0 Å². The highest BCUT2D eigenvalue weighted by atomic mass is 16.7. The highest BCUT2D eigenvalue weighted by Gasteiger charge is 2.70. The van der Waals surface area contributed by atoms with E-state index in [0.717, 1.165) is 12.8 Å². The molecule has 3 nitrogen and oxygen atoms in total. The molecule has 0 aromatic carbocycles. The molecule has 2 fully saturated rings. The van der Waals surface area contributed by atoms with Crippen LogP contribution in [-0.4, -0.2) is 16.9 Å².